The van der Waals surface area contributed by atoms with Crippen LogP contribution in [0.4, 0.5) is 0 Å². The Kier molecular flexibility index (Phi) is 22.3. The quantitative estimate of drug-likeness (QED) is 0.168. The van der Waals surface area contributed by atoms with Crippen LogP contribution in [-0.4, -0.2) is 23.9 Å². The van der Waals surface area contributed by atoms with Crippen LogP contribution >= 0.6 is 0 Å². The van der Waals surface area contributed by atoms with Gasteiger partial charge in [0, 0.05) is 19.5 Å². The number of carbonyl (C=O) groups is 1. The van der Waals surface area contributed by atoms with E-state index in [1.807, 2.05) is 0 Å². The van der Waals surface area contributed by atoms with Crippen molar-refractivity contribution in [3.05, 3.63) is 0 Å². The van der Waals surface area contributed by atoms with Gasteiger partial charge in [0.1, 0.15) is 0 Å². The van der Waals surface area contributed by atoms with E-state index in [1.54, 1.807) is 0 Å². The monoisotopic (exact) mass is 395 g/mol. The van der Waals surface area contributed by atoms with E-state index in [4.69, 9.17) is 0 Å². The van der Waals surface area contributed by atoms with E-state index in [2.05, 4.69) is 25.7 Å². The lowest BCUT2D eigenvalue weighted by Gasteiger charge is -2.20. The molecule has 2 nitrogen and oxygen atoms in total. The van der Waals surface area contributed by atoms with E-state index < -0.39 is 0 Å². The number of unbranched alkanes of at least 4 members (excludes halogenated alkanes) is 17. The average Bonchev–Trinajstić information content (AvgIpc) is 2.70. The molecule has 28 heavy (non-hydrogen) atoms. The van der Waals surface area contributed by atoms with Gasteiger partial charge in [0.2, 0.25) is 5.91 Å². The molecule has 0 aliphatic rings. The third-order valence-electron chi connectivity index (χ3n) is 6.01. The Morgan fingerprint density at radius 3 is 1.25 bits per heavy atom. The zero-order valence-corrected chi connectivity index (χ0v) is 19.9. The number of nitrogens with zero attached hydrogens (tertiary/aromatic N) is 1. The fraction of sp³-hybridized carbons (Fsp3) is 0.962. The molecule has 0 aliphatic heterocycles. The Labute approximate surface area is 178 Å². The van der Waals surface area contributed by atoms with Crippen LogP contribution in [0, 0.1) is 0 Å². The van der Waals surface area contributed by atoms with Gasteiger partial charge in [-0.25, -0.2) is 0 Å². The van der Waals surface area contributed by atoms with Crippen molar-refractivity contribution in [2.75, 3.05) is 13.1 Å². The predicted octanol–water partition coefficient (Wildman–Crippen LogP) is 8.68. The molecule has 168 valence electrons. The minimum absolute atomic E-state index is 0.372. The highest BCUT2D eigenvalue weighted by molar-refractivity contribution is 5.76. The maximum absolute atomic E-state index is 12.2. The smallest absolute Gasteiger partial charge is 0.222 e. The molecule has 0 heterocycles. The van der Waals surface area contributed by atoms with Gasteiger partial charge in [-0.05, 0) is 19.8 Å². The zero-order chi connectivity index (χ0) is 20.7. The molecule has 0 aromatic rings. The lowest BCUT2D eigenvalue weighted by Crippen LogP contribution is -2.31. The molecule has 0 aliphatic carbocycles. The molecule has 0 spiro atoms. The Morgan fingerprint density at radius 1 is 0.500 bits per heavy atom. The van der Waals surface area contributed by atoms with Crippen LogP contribution in [-0.2, 0) is 4.79 Å². The van der Waals surface area contributed by atoms with Crippen LogP contribution in [0.25, 0.3) is 0 Å². The summed E-state index contributed by atoms with van der Waals surface area (Å²) < 4.78 is 0. The van der Waals surface area contributed by atoms with Crippen molar-refractivity contribution < 1.29 is 4.79 Å². The van der Waals surface area contributed by atoms with Crippen LogP contribution in [0.3, 0.4) is 0 Å². The fourth-order valence-corrected chi connectivity index (χ4v) is 3.99. The summed E-state index contributed by atoms with van der Waals surface area (Å²) in [4.78, 5) is 14.2. The minimum atomic E-state index is 0.372. The van der Waals surface area contributed by atoms with Gasteiger partial charge < -0.3 is 4.90 Å². The van der Waals surface area contributed by atoms with Gasteiger partial charge in [0.05, 0.1) is 0 Å². The lowest BCUT2D eigenvalue weighted by molar-refractivity contribution is -0.131. The van der Waals surface area contributed by atoms with Crippen molar-refractivity contribution in [1.82, 2.24) is 4.90 Å². The van der Waals surface area contributed by atoms with Crippen molar-refractivity contribution in [3.8, 4) is 0 Å². The summed E-state index contributed by atoms with van der Waals surface area (Å²) in [6.45, 7) is 8.45. The van der Waals surface area contributed by atoms with Gasteiger partial charge in [0.25, 0.3) is 0 Å². The van der Waals surface area contributed by atoms with Crippen LogP contribution < -0.4 is 0 Å². The topological polar surface area (TPSA) is 20.3 Å². The van der Waals surface area contributed by atoms with E-state index in [1.165, 1.54) is 116 Å². The first-order chi connectivity index (χ1) is 13.8. The number of hydrogen-bond donors (Lipinski definition) is 0. The van der Waals surface area contributed by atoms with Crippen molar-refractivity contribution in [3.63, 3.8) is 0 Å². The van der Waals surface area contributed by atoms with Gasteiger partial charge in [-0.15, -0.1) is 0 Å². The summed E-state index contributed by atoms with van der Waals surface area (Å²) in [5, 5.41) is 0. The molecular formula is C26H53NO. The highest BCUT2D eigenvalue weighted by Gasteiger charge is 2.10. The Bertz CT molecular complexity index is 316. The molecule has 0 rings (SSSR count). The molecule has 0 saturated heterocycles. The van der Waals surface area contributed by atoms with Gasteiger partial charge in [0.15, 0.2) is 0 Å². The molecule has 0 N–H and O–H groups in total. The highest BCUT2D eigenvalue weighted by atomic mass is 16.2. The summed E-state index contributed by atoms with van der Waals surface area (Å²) in [5.41, 5.74) is 0. The second kappa shape index (κ2) is 22.8. The summed E-state index contributed by atoms with van der Waals surface area (Å²) in [7, 11) is 0. The maximum atomic E-state index is 12.2. The fourth-order valence-electron chi connectivity index (χ4n) is 3.99. The number of carbonyl (C=O) groups excluding carboxylic acids is 1. The molecule has 0 atom stereocenters. The summed E-state index contributed by atoms with van der Waals surface area (Å²) in [6, 6.07) is 0. The molecule has 0 fully saturated rings. The average molecular weight is 396 g/mol. The van der Waals surface area contributed by atoms with Crippen molar-refractivity contribution in [1.29, 1.82) is 0 Å². The molecule has 0 unspecified atom stereocenters. The molecule has 0 saturated carbocycles. The van der Waals surface area contributed by atoms with E-state index in [0.29, 0.717) is 5.91 Å². The minimum Gasteiger partial charge on any atom is -0.343 e. The first-order valence-corrected chi connectivity index (χ1v) is 13.0. The normalized spacial score (nSPS) is 11.1. The van der Waals surface area contributed by atoms with E-state index in [-0.39, 0.29) is 0 Å². The zero-order valence-electron chi connectivity index (χ0n) is 19.9. The molecule has 1 amide bonds. The first-order valence-electron chi connectivity index (χ1n) is 13.0. The SMILES string of the molecule is CCCCCCCCCCCCCCCCCCN(CC)C(=O)CCCCC. The van der Waals surface area contributed by atoms with Gasteiger partial charge in [-0.2, -0.15) is 0 Å². The van der Waals surface area contributed by atoms with E-state index in [9.17, 15) is 4.79 Å². The summed E-state index contributed by atoms with van der Waals surface area (Å²) in [5.74, 6) is 0.372. The Hall–Kier alpha value is -0.530. The largest absolute Gasteiger partial charge is 0.343 e. The standard InChI is InChI=1S/C26H53NO/c1-4-7-9-10-11-12-13-14-15-16-17-18-19-20-21-23-25-27(6-3)26(28)24-22-8-5-2/h4-25H2,1-3H3. The second-order valence-corrected chi connectivity index (χ2v) is 8.73. The van der Waals surface area contributed by atoms with Crippen molar-refractivity contribution in [2.45, 2.75) is 149 Å². The third-order valence-corrected chi connectivity index (χ3v) is 6.01. The molecule has 0 aromatic heterocycles. The van der Waals surface area contributed by atoms with Gasteiger partial charge in [-0.3, -0.25) is 4.79 Å². The Balaban J connectivity index is 3.30. The number of rotatable bonds is 22. The van der Waals surface area contributed by atoms with Crippen LogP contribution in [0.2, 0.25) is 0 Å². The molecule has 0 radical (unpaired) electrons. The van der Waals surface area contributed by atoms with Crippen molar-refractivity contribution in [2.24, 2.45) is 0 Å². The summed E-state index contributed by atoms with van der Waals surface area (Å²) >= 11 is 0. The van der Waals surface area contributed by atoms with Gasteiger partial charge >= 0.3 is 0 Å². The molecule has 0 bridgehead atoms. The Morgan fingerprint density at radius 2 is 0.857 bits per heavy atom. The maximum Gasteiger partial charge on any atom is 0.222 e. The number of amides is 1. The van der Waals surface area contributed by atoms with Crippen molar-refractivity contribution >= 4 is 5.91 Å². The van der Waals surface area contributed by atoms with Crippen LogP contribution in [0.15, 0.2) is 0 Å². The van der Waals surface area contributed by atoms with Crippen LogP contribution in [0.5, 0.6) is 0 Å². The molecular weight excluding hydrogens is 342 g/mol. The predicted molar refractivity (Wildman–Crippen MR) is 126 cm³/mol. The molecule has 2 heteroatoms. The highest BCUT2D eigenvalue weighted by Crippen LogP contribution is 2.14. The second-order valence-electron chi connectivity index (χ2n) is 8.73. The van der Waals surface area contributed by atoms with E-state index >= 15 is 0 Å². The number of hydrogen-bond acceptors (Lipinski definition) is 1. The first kappa shape index (κ1) is 27.5. The van der Waals surface area contributed by atoms with Crippen LogP contribution in [0.1, 0.15) is 149 Å². The van der Waals surface area contributed by atoms with Gasteiger partial charge in [-0.1, -0.05) is 123 Å². The third kappa shape index (κ3) is 18.8. The van der Waals surface area contributed by atoms with E-state index in [0.717, 1.165) is 25.9 Å². The lowest BCUT2D eigenvalue weighted by atomic mass is 10.0. The molecule has 0 aromatic carbocycles. The summed E-state index contributed by atoms with van der Waals surface area (Å²) in [6.07, 6.45) is 26.6.